The maximum atomic E-state index is 2.59. The van der Waals surface area contributed by atoms with Crippen LogP contribution >= 0.6 is 0 Å². The Labute approximate surface area is 182 Å². The zero-order valence-corrected chi connectivity index (χ0v) is 20.2. The van der Waals surface area contributed by atoms with E-state index in [0.29, 0.717) is 0 Å². The van der Waals surface area contributed by atoms with Gasteiger partial charge in [0.25, 0.3) is 0 Å². The summed E-state index contributed by atoms with van der Waals surface area (Å²) in [5.41, 5.74) is 12.0. The quantitative estimate of drug-likeness (QED) is 0.447. The Morgan fingerprint density at radius 2 is 1.73 bits per heavy atom. The van der Waals surface area contributed by atoms with E-state index in [2.05, 4.69) is 89.4 Å². The number of benzene rings is 2. The topological polar surface area (TPSA) is 0 Å². The molecule has 1 heteroatoms. The predicted octanol–water partition coefficient (Wildman–Crippen LogP) is 7.66. The summed E-state index contributed by atoms with van der Waals surface area (Å²) >= 11 is 0. The Morgan fingerprint density at radius 3 is 2.47 bits per heavy atom. The third kappa shape index (κ3) is 2.45. The molecule has 152 valence electrons. The first kappa shape index (κ1) is 19.6. The summed E-state index contributed by atoms with van der Waals surface area (Å²) in [6.07, 6.45) is 17.5. The highest BCUT2D eigenvalue weighted by Crippen LogP contribution is 2.48. The molecule has 2 aromatic rings. The van der Waals surface area contributed by atoms with E-state index in [-0.39, 0.29) is 0 Å². The van der Waals surface area contributed by atoms with Gasteiger partial charge in [0.05, 0.1) is 0 Å². The van der Waals surface area contributed by atoms with E-state index in [4.69, 9.17) is 0 Å². The maximum absolute atomic E-state index is 2.59. The van der Waals surface area contributed by atoms with Crippen LogP contribution in [-0.2, 0) is 6.42 Å². The molecule has 0 amide bonds. The van der Waals surface area contributed by atoms with Gasteiger partial charge in [0.2, 0.25) is 0 Å². The molecule has 0 radical (unpaired) electrons. The maximum Gasteiger partial charge on any atom is 0.109 e. The Kier molecular flexibility index (Phi) is 4.45. The van der Waals surface area contributed by atoms with Gasteiger partial charge in [0, 0.05) is 0 Å². The first-order valence-electron chi connectivity index (χ1n) is 11.4. The standard InChI is InChI=1S/C29H32Si/c1-7-11-21-18(3)17-20-15-16-23-22(12-8-2)19(4)29-28(27(23)26(20)21)24-13-9-10-14-25(24)30(29,5)6/h7-9,11-13,15-16H,10,14,17H2,1-6H3/b11-7-,12-8-. The lowest BCUT2D eigenvalue weighted by Gasteiger charge is -2.26. The SMILES string of the molecule is C/C=C\C1=C(C)Cc2ccc3c(/C=C\C)c(C)c4c(c3c21)C1=C(CCC=C1)[Si]4(C)C. The molecule has 0 nitrogen and oxygen atoms in total. The zero-order valence-electron chi connectivity index (χ0n) is 19.2. The van der Waals surface area contributed by atoms with Gasteiger partial charge in [-0.2, -0.15) is 0 Å². The first-order chi connectivity index (χ1) is 14.4. The van der Waals surface area contributed by atoms with Crippen LogP contribution in [-0.4, -0.2) is 8.07 Å². The highest BCUT2D eigenvalue weighted by Gasteiger charge is 2.42. The van der Waals surface area contributed by atoms with Crippen LogP contribution in [0, 0.1) is 6.92 Å². The Balaban J connectivity index is 2.04. The normalized spacial score (nSPS) is 19.5. The predicted molar refractivity (Wildman–Crippen MR) is 137 cm³/mol. The van der Waals surface area contributed by atoms with Gasteiger partial charge >= 0.3 is 0 Å². The molecule has 5 rings (SSSR count). The smallest absolute Gasteiger partial charge is 0.0870 e. The minimum absolute atomic E-state index is 1.08. The van der Waals surface area contributed by atoms with Crippen LogP contribution in [0.2, 0.25) is 13.1 Å². The molecule has 0 spiro atoms. The fourth-order valence-corrected chi connectivity index (χ4v) is 10.3. The summed E-state index contributed by atoms with van der Waals surface area (Å²) in [6.45, 7) is 14.2. The molecule has 0 fully saturated rings. The fourth-order valence-electron chi connectivity index (χ4n) is 6.35. The van der Waals surface area contributed by atoms with Gasteiger partial charge in [0.1, 0.15) is 8.07 Å². The molecule has 0 saturated carbocycles. The summed E-state index contributed by atoms with van der Waals surface area (Å²) in [5.74, 6) is 0. The Morgan fingerprint density at radius 1 is 0.967 bits per heavy atom. The van der Waals surface area contributed by atoms with Crippen molar-refractivity contribution in [3.63, 3.8) is 0 Å². The Hall–Kier alpha value is -2.38. The summed E-state index contributed by atoms with van der Waals surface area (Å²) in [6, 6.07) is 4.79. The van der Waals surface area contributed by atoms with Gasteiger partial charge in [0.15, 0.2) is 0 Å². The molecule has 1 heterocycles. The van der Waals surface area contributed by atoms with E-state index in [9.17, 15) is 0 Å². The third-order valence-electron chi connectivity index (χ3n) is 7.53. The van der Waals surface area contributed by atoms with Crippen molar-refractivity contribution in [3.05, 3.63) is 81.1 Å². The second kappa shape index (κ2) is 6.82. The fraction of sp³-hybridized carbons (Fsp3) is 0.310. The van der Waals surface area contributed by atoms with Crippen molar-refractivity contribution in [1.82, 2.24) is 0 Å². The van der Waals surface area contributed by atoms with Crippen LogP contribution in [0.15, 0.2) is 53.3 Å². The van der Waals surface area contributed by atoms with Crippen molar-refractivity contribution in [2.75, 3.05) is 0 Å². The molecule has 0 atom stereocenters. The van der Waals surface area contributed by atoms with Crippen LogP contribution in [0.3, 0.4) is 0 Å². The van der Waals surface area contributed by atoms with Gasteiger partial charge < -0.3 is 0 Å². The van der Waals surface area contributed by atoms with Gasteiger partial charge in [-0.1, -0.05) is 72.5 Å². The van der Waals surface area contributed by atoms with Crippen molar-refractivity contribution in [3.8, 4) is 0 Å². The van der Waals surface area contributed by atoms with Crippen LogP contribution in [0.5, 0.6) is 0 Å². The van der Waals surface area contributed by atoms with Crippen LogP contribution in [0.4, 0.5) is 0 Å². The molecule has 2 aliphatic carbocycles. The van der Waals surface area contributed by atoms with Crippen molar-refractivity contribution < 1.29 is 0 Å². The third-order valence-corrected chi connectivity index (χ3v) is 11.4. The van der Waals surface area contributed by atoms with E-state index in [0.717, 1.165) is 6.42 Å². The van der Waals surface area contributed by atoms with E-state index in [1.54, 1.807) is 21.5 Å². The van der Waals surface area contributed by atoms with Crippen LogP contribution in [0.1, 0.15) is 61.4 Å². The average Bonchev–Trinajstić information content (AvgIpc) is 3.17. The van der Waals surface area contributed by atoms with E-state index in [1.807, 2.05) is 0 Å². The highest BCUT2D eigenvalue weighted by atomic mass is 28.3. The lowest BCUT2D eigenvalue weighted by atomic mass is 9.85. The van der Waals surface area contributed by atoms with Gasteiger partial charge in [-0.15, -0.1) is 0 Å². The molecule has 0 aromatic heterocycles. The second-order valence-corrected chi connectivity index (χ2v) is 14.0. The Bertz CT molecular complexity index is 1260. The molecule has 3 aliphatic rings. The number of rotatable bonds is 2. The van der Waals surface area contributed by atoms with Crippen molar-refractivity contribution >= 4 is 41.3 Å². The van der Waals surface area contributed by atoms with Crippen molar-refractivity contribution in [2.45, 2.75) is 60.1 Å². The van der Waals surface area contributed by atoms with Crippen LogP contribution < -0.4 is 5.19 Å². The number of allylic oxidation sites excluding steroid dienone is 9. The molecule has 0 bridgehead atoms. The lowest BCUT2D eigenvalue weighted by Crippen LogP contribution is -2.43. The number of hydrogen-bond acceptors (Lipinski definition) is 0. The van der Waals surface area contributed by atoms with Gasteiger partial charge in [-0.3, -0.25) is 0 Å². The second-order valence-electron chi connectivity index (χ2n) is 9.64. The van der Waals surface area contributed by atoms with Crippen LogP contribution in [0.25, 0.3) is 28.0 Å². The zero-order chi connectivity index (χ0) is 21.2. The van der Waals surface area contributed by atoms with E-state index >= 15 is 0 Å². The molecular formula is C29H32Si. The monoisotopic (exact) mass is 408 g/mol. The minimum Gasteiger partial charge on any atom is -0.0870 e. The summed E-state index contributed by atoms with van der Waals surface area (Å²) in [7, 11) is -1.67. The highest BCUT2D eigenvalue weighted by molar-refractivity contribution is 6.99. The largest absolute Gasteiger partial charge is 0.109 e. The van der Waals surface area contributed by atoms with Gasteiger partial charge in [-0.05, 0) is 102 Å². The number of hydrogen-bond donors (Lipinski definition) is 0. The molecule has 0 N–H and O–H groups in total. The van der Waals surface area contributed by atoms with Gasteiger partial charge in [-0.25, -0.2) is 0 Å². The molecule has 2 aromatic carbocycles. The molecular weight excluding hydrogens is 376 g/mol. The summed E-state index contributed by atoms with van der Waals surface area (Å²) in [5, 5.41) is 6.41. The van der Waals surface area contributed by atoms with Crippen molar-refractivity contribution in [2.24, 2.45) is 0 Å². The van der Waals surface area contributed by atoms with Crippen molar-refractivity contribution in [1.29, 1.82) is 0 Å². The average molecular weight is 409 g/mol. The summed E-state index contributed by atoms with van der Waals surface area (Å²) < 4.78 is 0. The molecule has 1 aliphatic heterocycles. The molecule has 0 saturated heterocycles. The van der Waals surface area contributed by atoms with E-state index in [1.165, 1.54) is 57.0 Å². The molecule has 30 heavy (non-hydrogen) atoms. The molecule has 0 unspecified atom stereocenters. The first-order valence-corrected chi connectivity index (χ1v) is 14.4. The van der Waals surface area contributed by atoms with E-state index < -0.39 is 8.07 Å². The number of fused-ring (bicyclic) bond motifs is 6. The minimum atomic E-state index is -1.67. The lowest BCUT2D eigenvalue weighted by molar-refractivity contribution is 1.01. The summed E-state index contributed by atoms with van der Waals surface area (Å²) in [4.78, 5) is 0.